The Hall–Kier alpha value is -1.16. The smallest absolute Gasteiger partial charge is 0.255 e. The molecule has 1 heterocycles. The largest absolute Gasteiger partial charge is 0.398 e. The number of aryl methyl sites for hydroxylation is 1. The highest BCUT2D eigenvalue weighted by atomic mass is 32.2. The van der Waals surface area contributed by atoms with Gasteiger partial charge in [-0.2, -0.15) is 11.8 Å². The molecule has 92 valence electrons. The van der Waals surface area contributed by atoms with Crippen molar-refractivity contribution in [3.63, 3.8) is 0 Å². The fourth-order valence-corrected chi connectivity index (χ4v) is 3.31. The van der Waals surface area contributed by atoms with Gasteiger partial charge >= 0.3 is 0 Å². The van der Waals surface area contributed by atoms with E-state index in [2.05, 4.69) is 0 Å². The number of hydrogen-bond donors (Lipinski definition) is 1. The molecule has 1 aromatic rings. The van der Waals surface area contributed by atoms with Crippen molar-refractivity contribution in [3.05, 3.63) is 29.3 Å². The molecule has 0 saturated carbocycles. The van der Waals surface area contributed by atoms with Gasteiger partial charge in [0.1, 0.15) is 0 Å². The van der Waals surface area contributed by atoms with Gasteiger partial charge in [0.05, 0.1) is 5.56 Å². The second-order valence-electron chi connectivity index (χ2n) is 4.52. The zero-order valence-corrected chi connectivity index (χ0v) is 11.1. The number of amides is 1. The van der Waals surface area contributed by atoms with E-state index in [9.17, 15) is 4.79 Å². The predicted octanol–water partition coefficient (Wildman–Crippen LogP) is 2.15. The molecule has 3 nitrogen and oxygen atoms in total. The Labute approximate surface area is 106 Å². The number of nitrogens with zero attached hydrogens (tertiary/aromatic N) is 1. The minimum atomic E-state index is 0.0405. The molecule has 1 aromatic carbocycles. The molecule has 4 heteroatoms. The first-order chi connectivity index (χ1) is 8.09. The summed E-state index contributed by atoms with van der Waals surface area (Å²) in [6, 6.07) is 5.96. The summed E-state index contributed by atoms with van der Waals surface area (Å²) in [5.74, 6) is 2.22. The number of nitrogen functional groups attached to an aromatic ring is 1. The van der Waals surface area contributed by atoms with Crippen LogP contribution in [0.4, 0.5) is 5.69 Å². The lowest BCUT2D eigenvalue weighted by atomic mass is 10.1. The highest BCUT2D eigenvalue weighted by Crippen LogP contribution is 2.24. The molecular weight excluding hydrogens is 232 g/mol. The van der Waals surface area contributed by atoms with Gasteiger partial charge in [-0.1, -0.05) is 11.6 Å². The van der Waals surface area contributed by atoms with Crippen molar-refractivity contribution in [3.8, 4) is 0 Å². The molecule has 0 aliphatic carbocycles. The second kappa shape index (κ2) is 5.00. The molecule has 2 N–H and O–H groups in total. The molecule has 0 spiro atoms. The third-order valence-corrected chi connectivity index (χ3v) is 4.36. The van der Waals surface area contributed by atoms with E-state index >= 15 is 0 Å². The van der Waals surface area contributed by atoms with Crippen molar-refractivity contribution < 1.29 is 4.79 Å². The molecule has 1 saturated heterocycles. The highest BCUT2D eigenvalue weighted by Gasteiger charge is 2.25. The molecule has 1 atom stereocenters. The van der Waals surface area contributed by atoms with E-state index in [0.717, 1.165) is 23.5 Å². The monoisotopic (exact) mass is 250 g/mol. The molecule has 0 radical (unpaired) electrons. The minimum absolute atomic E-state index is 0.0405. The van der Waals surface area contributed by atoms with E-state index in [-0.39, 0.29) is 5.91 Å². The Morgan fingerprint density at radius 1 is 1.53 bits per heavy atom. The molecule has 1 fully saturated rings. The zero-order chi connectivity index (χ0) is 12.4. The quantitative estimate of drug-likeness (QED) is 0.818. The van der Waals surface area contributed by atoms with Crippen LogP contribution in [0.15, 0.2) is 18.2 Å². The number of nitrogens with two attached hydrogens (primary N) is 1. The van der Waals surface area contributed by atoms with Crippen molar-refractivity contribution >= 4 is 23.4 Å². The standard InChI is InChI=1S/C13H18N2OS/c1-9-3-4-12(14)11(7-9)13(16)15(2)10-5-6-17-8-10/h3-4,7,10H,5-6,8,14H2,1-2H3. The van der Waals surface area contributed by atoms with Gasteiger partial charge in [-0.3, -0.25) is 4.79 Å². The van der Waals surface area contributed by atoms with Gasteiger partial charge in [0.2, 0.25) is 0 Å². The first kappa shape index (κ1) is 12.3. The van der Waals surface area contributed by atoms with Gasteiger partial charge in [0, 0.05) is 24.5 Å². The van der Waals surface area contributed by atoms with E-state index in [0.29, 0.717) is 17.3 Å². The van der Waals surface area contributed by atoms with Gasteiger partial charge < -0.3 is 10.6 Å². The Balaban J connectivity index is 2.20. The number of carbonyl (C=O) groups excluding carboxylic acids is 1. The van der Waals surface area contributed by atoms with Crippen molar-refractivity contribution in [2.45, 2.75) is 19.4 Å². The number of rotatable bonds is 2. The maximum atomic E-state index is 12.3. The molecule has 2 rings (SSSR count). The van der Waals surface area contributed by atoms with E-state index in [1.165, 1.54) is 0 Å². The Morgan fingerprint density at radius 2 is 2.29 bits per heavy atom. The average molecular weight is 250 g/mol. The van der Waals surface area contributed by atoms with Gasteiger partial charge in [0.15, 0.2) is 0 Å². The number of thioether (sulfide) groups is 1. The van der Waals surface area contributed by atoms with Crippen molar-refractivity contribution in [1.29, 1.82) is 0 Å². The van der Waals surface area contributed by atoms with E-state index < -0.39 is 0 Å². The number of anilines is 1. The first-order valence-electron chi connectivity index (χ1n) is 5.80. The van der Waals surface area contributed by atoms with E-state index in [4.69, 9.17) is 5.73 Å². The van der Waals surface area contributed by atoms with Crippen LogP contribution in [0.1, 0.15) is 22.3 Å². The van der Waals surface area contributed by atoms with Crippen LogP contribution >= 0.6 is 11.8 Å². The van der Waals surface area contributed by atoms with Gasteiger partial charge in [-0.05, 0) is 31.2 Å². The first-order valence-corrected chi connectivity index (χ1v) is 6.96. The normalized spacial score (nSPS) is 19.3. The topological polar surface area (TPSA) is 46.3 Å². The Kier molecular flexibility index (Phi) is 3.62. The lowest BCUT2D eigenvalue weighted by molar-refractivity contribution is 0.0749. The second-order valence-corrected chi connectivity index (χ2v) is 5.67. The van der Waals surface area contributed by atoms with Crippen LogP contribution in [0.25, 0.3) is 0 Å². The molecule has 1 unspecified atom stereocenters. The summed E-state index contributed by atoms with van der Waals surface area (Å²) in [4.78, 5) is 14.2. The molecule has 0 aromatic heterocycles. The maximum absolute atomic E-state index is 12.3. The number of benzene rings is 1. The van der Waals surface area contributed by atoms with Crippen molar-refractivity contribution in [2.24, 2.45) is 0 Å². The van der Waals surface area contributed by atoms with Crippen molar-refractivity contribution in [1.82, 2.24) is 4.90 Å². The zero-order valence-electron chi connectivity index (χ0n) is 10.3. The van der Waals surface area contributed by atoms with Crippen LogP contribution in [-0.4, -0.2) is 35.4 Å². The average Bonchev–Trinajstić information content (AvgIpc) is 2.84. The molecule has 1 amide bonds. The van der Waals surface area contributed by atoms with Crippen LogP contribution < -0.4 is 5.73 Å². The number of hydrogen-bond acceptors (Lipinski definition) is 3. The van der Waals surface area contributed by atoms with Crippen LogP contribution in [0.5, 0.6) is 0 Å². The third-order valence-electron chi connectivity index (χ3n) is 3.21. The molecule has 17 heavy (non-hydrogen) atoms. The Morgan fingerprint density at radius 3 is 2.94 bits per heavy atom. The summed E-state index contributed by atoms with van der Waals surface area (Å²) in [6.45, 7) is 1.97. The SMILES string of the molecule is Cc1ccc(N)c(C(=O)N(C)C2CCSC2)c1. The van der Waals surface area contributed by atoms with Gasteiger partial charge in [-0.15, -0.1) is 0 Å². The molecule has 1 aliphatic rings. The molecule has 0 bridgehead atoms. The predicted molar refractivity (Wildman–Crippen MR) is 73.4 cm³/mol. The summed E-state index contributed by atoms with van der Waals surface area (Å²) in [5, 5.41) is 0. The number of carbonyl (C=O) groups is 1. The van der Waals surface area contributed by atoms with Crippen LogP contribution in [0.2, 0.25) is 0 Å². The van der Waals surface area contributed by atoms with E-state index in [1.54, 1.807) is 6.07 Å². The van der Waals surface area contributed by atoms with Gasteiger partial charge in [0.25, 0.3) is 5.91 Å². The fourth-order valence-electron chi connectivity index (χ4n) is 2.04. The third kappa shape index (κ3) is 2.57. The van der Waals surface area contributed by atoms with E-state index in [1.807, 2.05) is 42.8 Å². The summed E-state index contributed by atoms with van der Waals surface area (Å²) >= 11 is 1.91. The minimum Gasteiger partial charge on any atom is -0.398 e. The highest BCUT2D eigenvalue weighted by molar-refractivity contribution is 7.99. The maximum Gasteiger partial charge on any atom is 0.255 e. The van der Waals surface area contributed by atoms with Crippen molar-refractivity contribution in [2.75, 3.05) is 24.3 Å². The summed E-state index contributed by atoms with van der Waals surface area (Å²) in [5.41, 5.74) is 8.14. The molecule has 1 aliphatic heterocycles. The fraction of sp³-hybridized carbons (Fsp3) is 0.462. The molecular formula is C13H18N2OS. The lowest BCUT2D eigenvalue weighted by Crippen LogP contribution is -2.37. The van der Waals surface area contributed by atoms with Crippen LogP contribution in [-0.2, 0) is 0 Å². The van der Waals surface area contributed by atoms with Crippen LogP contribution in [0.3, 0.4) is 0 Å². The summed E-state index contributed by atoms with van der Waals surface area (Å²) in [6.07, 6.45) is 1.08. The summed E-state index contributed by atoms with van der Waals surface area (Å²) < 4.78 is 0. The van der Waals surface area contributed by atoms with Crippen LogP contribution in [0, 0.1) is 6.92 Å². The Bertz CT molecular complexity index is 427. The van der Waals surface area contributed by atoms with Gasteiger partial charge in [-0.25, -0.2) is 0 Å². The summed E-state index contributed by atoms with van der Waals surface area (Å²) in [7, 11) is 1.88. The lowest BCUT2D eigenvalue weighted by Gasteiger charge is -2.24.